The SMILES string of the molecule is C=CC(C)(C)OC(=O)C(C(=C)C)N1C(=O)C(N2C(=O)C=CC2=O)C1[S+]([O-])Cl. The molecule has 0 saturated carbocycles. The highest BCUT2D eigenvalue weighted by Gasteiger charge is 2.64. The van der Waals surface area contributed by atoms with Crippen LogP contribution < -0.4 is 0 Å². The van der Waals surface area contributed by atoms with Crippen LogP contribution in [-0.4, -0.2) is 61.1 Å². The van der Waals surface area contributed by atoms with Gasteiger partial charge in [-0.05, 0) is 32.4 Å². The maximum Gasteiger partial charge on any atom is 0.334 e. The van der Waals surface area contributed by atoms with Crippen LogP contribution in [0.25, 0.3) is 0 Å². The van der Waals surface area contributed by atoms with Crippen molar-refractivity contribution in [1.82, 2.24) is 9.80 Å². The highest BCUT2D eigenvalue weighted by atomic mass is 35.7. The Balaban J connectivity index is 2.34. The fraction of sp³-hybridized carbons (Fsp3) is 0.412. The molecule has 0 aromatic rings. The number of amides is 3. The molecule has 0 aromatic heterocycles. The van der Waals surface area contributed by atoms with Gasteiger partial charge >= 0.3 is 5.97 Å². The molecule has 3 amide bonds. The summed E-state index contributed by atoms with van der Waals surface area (Å²) in [6, 6.07) is -2.64. The molecule has 0 N–H and O–H groups in total. The second kappa shape index (κ2) is 7.49. The first-order valence-corrected chi connectivity index (χ1v) is 9.93. The van der Waals surface area contributed by atoms with E-state index in [9.17, 15) is 23.7 Å². The summed E-state index contributed by atoms with van der Waals surface area (Å²) in [5.74, 6) is -3.00. The molecule has 27 heavy (non-hydrogen) atoms. The van der Waals surface area contributed by atoms with Crippen LogP contribution in [0.15, 0.2) is 37.0 Å². The van der Waals surface area contributed by atoms with Crippen molar-refractivity contribution in [3.8, 4) is 0 Å². The number of β-lactam (4-membered cyclic amide) rings is 1. The number of hydrogen-bond donors (Lipinski definition) is 0. The molecule has 0 bridgehead atoms. The van der Waals surface area contributed by atoms with Gasteiger partial charge in [-0.15, -0.1) is 0 Å². The first kappa shape index (κ1) is 21.2. The van der Waals surface area contributed by atoms with Crippen molar-refractivity contribution in [3.05, 3.63) is 37.0 Å². The fourth-order valence-electron chi connectivity index (χ4n) is 2.77. The first-order chi connectivity index (χ1) is 12.4. The van der Waals surface area contributed by atoms with Crippen LogP contribution in [0, 0.1) is 0 Å². The molecule has 4 atom stereocenters. The van der Waals surface area contributed by atoms with Crippen molar-refractivity contribution >= 4 is 44.8 Å². The number of ether oxygens (including phenoxy) is 1. The number of halogens is 1. The molecule has 2 aliphatic heterocycles. The summed E-state index contributed by atoms with van der Waals surface area (Å²) in [4.78, 5) is 50.8. The fourth-order valence-corrected chi connectivity index (χ4v) is 4.16. The third-order valence-corrected chi connectivity index (χ3v) is 5.60. The number of carbonyl (C=O) groups excluding carboxylic acids is 4. The Kier molecular flexibility index (Phi) is 5.88. The van der Waals surface area contributed by atoms with Crippen molar-refractivity contribution in [1.29, 1.82) is 0 Å². The number of imide groups is 1. The second-order valence-corrected chi connectivity index (χ2v) is 8.58. The highest BCUT2D eigenvalue weighted by Crippen LogP contribution is 2.37. The molecule has 1 fully saturated rings. The molecule has 0 radical (unpaired) electrons. The molecular weight excluding hydrogens is 396 g/mol. The molecular formula is C17H19ClN2O6S. The van der Waals surface area contributed by atoms with Crippen LogP contribution >= 0.6 is 10.7 Å². The predicted molar refractivity (Wildman–Crippen MR) is 98.4 cm³/mol. The lowest BCUT2D eigenvalue weighted by atomic mass is 9.98. The normalized spacial score (nSPS) is 24.6. The number of esters is 1. The molecule has 2 heterocycles. The van der Waals surface area contributed by atoms with Gasteiger partial charge in [0.15, 0.2) is 22.8 Å². The minimum absolute atomic E-state index is 0.246. The van der Waals surface area contributed by atoms with E-state index in [0.29, 0.717) is 4.90 Å². The van der Waals surface area contributed by atoms with Crippen LogP contribution in [0.3, 0.4) is 0 Å². The Labute approximate surface area is 164 Å². The summed E-state index contributed by atoms with van der Waals surface area (Å²) in [5.41, 5.74) is -0.769. The van der Waals surface area contributed by atoms with Gasteiger partial charge in [0.05, 0.1) is 10.4 Å². The van der Waals surface area contributed by atoms with Crippen molar-refractivity contribution in [2.75, 3.05) is 0 Å². The monoisotopic (exact) mass is 414 g/mol. The third-order valence-electron chi connectivity index (χ3n) is 4.19. The second-order valence-electron chi connectivity index (χ2n) is 6.69. The van der Waals surface area contributed by atoms with Gasteiger partial charge in [-0.25, -0.2) is 4.79 Å². The highest BCUT2D eigenvalue weighted by molar-refractivity contribution is 8.14. The van der Waals surface area contributed by atoms with Crippen molar-refractivity contribution in [2.45, 2.75) is 43.8 Å². The van der Waals surface area contributed by atoms with E-state index in [0.717, 1.165) is 17.1 Å². The number of likely N-dealkylation sites (tertiary alicyclic amines) is 1. The molecule has 0 spiro atoms. The van der Waals surface area contributed by atoms with E-state index in [1.807, 2.05) is 0 Å². The lowest BCUT2D eigenvalue weighted by Crippen LogP contribution is -2.76. The van der Waals surface area contributed by atoms with Gasteiger partial charge in [0.1, 0.15) is 5.60 Å². The Bertz CT molecular complexity index is 745. The van der Waals surface area contributed by atoms with Crippen LogP contribution in [0.5, 0.6) is 0 Å². The Morgan fingerprint density at radius 2 is 1.89 bits per heavy atom. The quantitative estimate of drug-likeness (QED) is 0.200. The lowest BCUT2D eigenvalue weighted by molar-refractivity contribution is -0.174. The molecule has 2 rings (SSSR count). The van der Waals surface area contributed by atoms with Crippen molar-refractivity contribution < 1.29 is 28.5 Å². The Hall–Kier alpha value is -2.10. The van der Waals surface area contributed by atoms with Crippen LogP contribution in [0.4, 0.5) is 0 Å². The van der Waals surface area contributed by atoms with Gasteiger partial charge in [0.2, 0.25) is 5.37 Å². The molecule has 146 valence electrons. The molecule has 1 saturated heterocycles. The third kappa shape index (κ3) is 3.80. The van der Waals surface area contributed by atoms with Gasteiger partial charge in [-0.3, -0.25) is 24.2 Å². The van der Waals surface area contributed by atoms with E-state index < -0.39 is 57.1 Å². The van der Waals surface area contributed by atoms with Gasteiger partial charge in [0, 0.05) is 12.2 Å². The molecule has 4 unspecified atom stereocenters. The van der Waals surface area contributed by atoms with E-state index in [1.165, 1.54) is 13.0 Å². The molecule has 2 aliphatic rings. The number of hydrogen-bond acceptors (Lipinski definition) is 6. The molecule has 0 aromatic carbocycles. The van der Waals surface area contributed by atoms with Crippen LogP contribution in [0.1, 0.15) is 20.8 Å². The van der Waals surface area contributed by atoms with Gasteiger partial charge in [-0.1, -0.05) is 13.2 Å². The van der Waals surface area contributed by atoms with Gasteiger partial charge in [0.25, 0.3) is 17.7 Å². The predicted octanol–water partition coefficient (Wildman–Crippen LogP) is 0.803. The molecule has 10 heteroatoms. The van der Waals surface area contributed by atoms with Crippen molar-refractivity contribution in [2.24, 2.45) is 0 Å². The molecule has 0 aliphatic carbocycles. The maximum absolute atomic E-state index is 12.7. The Morgan fingerprint density at radius 1 is 1.37 bits per heavy atom. The smallest absolute Gasteiger partial charge is 0.334 e. The average molecular weight is 415 g/mol. The van der Waals surface area contributed by atoms with Gasteiger partial charge < -0.3 is 9.29 Å². The lowest BCUT2D eigenvalue weighted by Gasteiger charge is -2.49. The zero-order valence-corrected chi connectivity index (χ0v) is 16.6. The average Bonchev–Trinajstić information content (AvgIpc) is 2.87. The Morgan fingerprint density at radius 3 is 2.30 bits per heavy atom. The summed E-state index contributed by atoms with van der Waals surface area (Å²) >= 11 is 0. The van der Waals surface area contributed by atoms with Crippen molar-refractivity contribution in [3.63, 3.8) is 0 Å². The van der Waals surface area contributed by atoms with E-state index in [-0.39, 0.29) is 5.57 Å². The maximum atomic E-state index is 12.7. The molecule has 8 nitrogen and oxygen atoms in total. The zero-order valence-electron chi connectivity index (χ0n) is 15.0. The van der Waals surface area contributed by atoms with E-state index in [4.69, 9.17) is 15.4 Å². The van der Waals surface area contributed by atoms with Crippen LogP contribution in [0.2, 0.25) is 0 Å². The summed E-state index contributed by atoms with van der Waals surface area (Å²) < 4.78 is 17.4. The number of nitrogens with zero attached hydrogens (tertiary/aromatic N) is 2. The number of rotatable bonds is 7. The van der Waals surface area contributed by atoms with E-state index in [1.54, 1.807) is 13.8 Å². The minimum atomic E-state index is -2.17. The summed E-state index contributed by atoms with van der Waals surface area (Å²) in [6.07, 6.45) is 3.42. The largest absolute Gasteiger partial charge is 0.597 e. The van der Waals surface area contributed by atoms with Crippen LogP contribution in [-0.2, 0) is 34.3 Å². The summed E-state index contributed by atoms with van der Waals surface area (Å²) in [5, 5.41) is -1.27. The standard InChI is InChI=1S/C17H19ClN2O6S/c1-6-17(4,5)26-16(24)12(9(2)3)20-14(23)13(15(20)27(18)25)19-10(21)7-8-11(19)22/h6-8,12-13,15H,1-2H2,3-5H3. The minimum Gasteiger partial charge on any atom is -0.597 e. The summed E-state index contributed by atoms with van der Waals surface area (Å²) in [7, 11) is 3.56. The zero-order chi connectivity index (χ0) is 20.7. The van der Waals surface area contributed by atoms with E-state index >= 15 is 0 Å². The van der Waals surface area contributed by atoms with Gasteiger partial charge in [-0.2, -0.15) is 0 Å². The number of carbonyl (C=O) groups is 4. The topological polar surface area (TPSA) is 107 Å². The van der Waals surface area contributed by atoms with E-state index in [2.05, 4.69) is 13.2 Å². The first-order valence-electron chi connectivity index (χ1n) is 7.89. The summed E-state index contributed by atoms with van der Waals surface area (Å²) in [6.45, 7) is 11.9.